The fourth-order valence-electron chi connectivity index (χ4n) is 1.06. The Bertz CT molecular complexity index is 208. The molecule has 0 N–H and O–H groups in total. The Kier molecular flexibility index (Phi) is 5.60. The van der Waals surface area contributed by atoms with Crippen LogP contribution in [0.1, 0.15) is 26.7 Å². The second kappa shape index (κ2) is 5.92. The number of carbonyl (C=O) groups is 1. The van der Waals surface area contributed by atoms with Crippen LogP contribution in [0.4, 0.5) is 17.6 Å². The molecule has 1 amide bonds. The zero-order valence-corrected chi connectivity index (χ0v) is 8.77. The quantitative estimate of drug-likeness (QED) is 0.641. The maximum Gasteiger partial charge on any atom is 0.383 e. The summed E-state index contributed by atoms with van der Waals surface area (Å²) in [6.45, 7) is 3.41. The maximum atomic E-state index is 12.7. The lowest BCUT2D eigenvalue weighted by molar-refractivity contribution is -0.180. The highest BCUT2D eigenvalue weighted by molar-refractivity contribution is 5.83. The van der Waals surface area contributed by atoms with E-state index in [1.165, 1.54) is 6.92 Å². The molecule has 0 heterocycles. The number of alkyl halides is 4. The van der Waals surface area contributed by atoms with Gasteiger partial charge in [0.15, 0.2) is 0 Å². The van der Waals surface area contributed by atoms with Crippen molar-refractivity contribution in [2.45, 2.75) is 39.0 Å². The minimum atomic E-state index is -4.57. The van der Waals surface area contributed by atoms with Crippen molar-refractivity contribution in [3.05, 3.63) is 0 Å². The second-order valence-corrected chi connectivity index (χ2v) is 3.16. The molecule has 0 aromatic rings. The molecule has 0 saturated carbocycles. The van der Waals surface area contributed by atoms with Gasteiger partial charge in [0.2, 0.25) is 0 Å². The smallest absolute Gasteiger partial charge is 0.338 e. The monoisotopic (exact) mass is 229 g/mol. The number of nitrogens with zero attached hydrogens (tertiary/aromatic N) is 1. The molecule has 0 fully saturated rings. The second-order valence-electron chi connectivity index (χ2n) is 3.16. The lowest BCUT2D eigenvalue weighted by Gasteiger charge is -2.25. The van der Waals surface area contributed by atoms with Crippen molar-refractivity contribution in [3.63, 3.8) is 0 Å². The molecule has 0 aromatic heterocycles. The summed E-state index contributed by atoms with van der Waals surface area (Å²) in [7, 11) is 0. The number of unbranched alkanes of at least 4 members (excludes halogenated alkanes) is 1. The molecule has 90 valence electrons. The van der Waals surface area contributed by atoms with E-state index in [9.17, 15) is 22.4 Å². The summed E-state index contributed by atoms with van der Waals surface area (Å²) in [5.74, 6) is -6.35. The van der Waals surface area contributed by atoms with Gasteiger partial charge in [0.25, 0.3) is 5.91 Å². The van der Waals surface area contributed by atoms with E-state index in [4.69, 9.17) is 0 Å². The average molecular weight is 229 g/mol. The third kappa shape index (κ3) is 3.68. The summed E-state index contributed by atoms with van der Waals surface area (Å²) in [6.07, 6.45) is -2.70. The Morgan fingerprint density at radius 2 is 1.87 bits per heavy atom. The Labute approximate surface area is 86.2 Å². The molecule has 6 heteroatoms. The summed E-state index contributed by atoms with van der Waals surface area (Å²) in [4.78, 5) is 11.8. The molecular formula is C9H15F4NO. The van der Waals surface area contributed by atoms with Crippen LogP contribution < -0.4 is 0 Å². The molecule has 0 rings (SSSR count). The van der Waals surface area contributed by atoms with E-state index in [0.29, 0.717) is 12.8 Å². The SMILES string of the molecule is CCCCN(CC)C(=O)C(F)(F)C(F)F. The maximum absolute atomic E-state index is 12.7. The van der Waals surface area contributed by atoms with Crippen LogP contribution in [0.15, 0.2) is 0 Å². The number of carbonyl (C=O) groups excluding carboxylic acids is 1. The molecule has 0 radical (unpaired) electrons. The van der Waals surface area contributed by atoms with Crippen molar-refractivity contribution < 1.29 is 22.4 Å². The average Bonchev–Trinajstić information content (AvgIpc) is 2.18. The first kappa shape index (κ1) is 14.2. The first-order valence-corrected chi connectivity index (χ1v) is 4.83. The molecule has 2 nitrogen and oxygen atoms in total. The summed E-state index contributed by atoms with van der Waals surface area (Å²) >= 11 is 0. The van der Waals surface area contributed by atoms with Gasteiger partial charge in [-0.05, 0) is 13.3 Å². The van der Waals surface area contributed by atoms with Crippen LogP contribution in [-0.4, -0.2) is 36.2 Å². The highest BCUT2D eigenvalue weighted by atomic mass is 19.3. The van der Waals surface area contributed by atoms with Crippen molar-refractivity contribution in [1.82, 2.24) is 4.90 Å². The van der Waals surface area contributed by atoms with E-state index in [0.717, 1.165) is 4.90 Å². The summed E-state index contributed by atoms with van der Waals surface area (Å²) in [6, 6.07) is 0. The molecule has 0 unspecified atom stereocenters. The predicted octanol–water partition coefficient (Wildman–Crippen LogP) is 2.54. The van der Waals surface area contributed by atoms with Gasteiger partial charge in [0, 0.05) is 13.1 Å². The van der Waals surface area contributed by atoms with Crippen LogP contribution >= 0.6 is 0 Å². The van der Waals surface area contributed by atoms with Crippen LogP contribution in [0.5, 0.6) is 0 Å². The Balaban J connectivity index is 4.50. The van der Waals surface area contributed by atoms with Crippen LogP contribution in [0.2, 0.25) is 0 Å². The number of hydrogen-bond acceptors (Lipinski definition) is 1. The number of halogens is 4. The lowest BCUT2D eigenvalue weighted by atomic mass is 10.2. The summed E-state index contributed by atoms with van der Waals surface area (Å²) in [5.41, 5.74) is 0. The molecule has 15 heavy (non-hydrogen) atoms. The van der Waals surface area contributed by atoms with E-state index < -0.39 is 18.3 Å². The molecular weight excluding hydrogens is 214 g/mol. The molecule has 0 spiro atoms. The Morgan fingerprint density at radius 3 is 2.20 bits per heavy atom. The molecule has 0 aliphatic rings. The van der Waals surface area contributed by atoms with Gasteiger partial charge in [-0.1, -0.05) is 13.3 Å². The van der Waals surface area contributed by atoms with Crippen molar-refractivity contribution in [1.29, 1.82) is 0 Å². The Morgan fingerprint density at radius 1 is 1.33 bits per heavy atom. The number of amides is 1. The first-order chi connectivity index (χ1) is 6.87. The van der Waals surface area contributed by atoms with Crippen molar-refractivity contribution in [2.75, 3.05) is 13.1 Å². The minimum Gasteiger partial charge on any atom is -0.338 e. The van der Waals surface area contributed by atoms with Crippen LogP contribution in [-0.2, 0) is 4.79 Å². The lowest BCUT2D eigenvalue weighted by Crippen LogP contribution is -2.48. The van der Waals surface area contributed by atoms with Crippen LogP contribution in [0, 0.1) is 0 Å². The molecule has 0 atom stereocenters. The van der Waals surface area contributed by atoms with Gasteiger partial charge in [-0.15, -0.1) is 0 Å². The molecule has 0 bridgehead atoms. The van der Waals surface area contributed by atoms with E-state index in [1.54, 1.807) is 0 Å². The number of rotatable bonds is 6. The van der Waals surface area contributed by atoms with Crippen molar-refractivity contribution in [2.24, 2.45) is 0 Å². The first-order valence-electron chi connectivity index (χ1n) is 4.83. The predicted molar refractivity (Wildman–Crippen MR) is 48.1 cm³/mol. The summed E-state index contributed by atoms with van der Waals surface area (Å²) in [5, 5.41) is 0. The van der Waals surface area contributed by atoms with Gasteiger partial charge in [0.05, 0.1) is 0 Å². The van der Waals surface area contributed by atoms with E-state index in [1.807, 2.05) is 6.92 Å². The zero-order valence-electron chi connectivity index (χ0n) is 8.77. The molecule has 0 aromatic carbocycles. The highest BCUT2D eigenvalue weighted by Gasteiger charge is 2.50. The highest BCUT2D eigenvalue weighted by Crippen LogP contribution is 2.25. The summed E-state index contributed by atoms with van der Waals surface area (Å²) < 4.78 is 49.1. The van der Waals surface area contributed by atoms with Gasteiger partial charge in [-0.25, -0.2) is 8.78 Å². The third-order valence-corrected chi connectivity index (χ3v) is 2.01. The fraction of sp³-hybridized carbons (Fsp3) is 0.889. The molecule has 0 saturated heterocycles. The van der Waals surface area contributed by atoms with Crippen molar-refractivity contribution >= 4 is 5.91 Å². The number of hydrogen-bond donors (Lipinski definition) is 0. The molecule has 0 aliphatic heterocycles. The van der Waals surface area contributed by atoms with Crippen LogP contribution in [0.25, 0.3) is 0 Å². The Hall–Kier alpha value is -0.810. The van der Waals surface area contributed by atoms with E-state index in [2.05, 4.69) is 0 Å². The normalized spacial score (nSPS) is 11.9. The largest absolute Gasteiger partial charge is 0.383 e. The third-order valence-electron chi connectivity index (χ3n) is 2.01. The van der Waals surface area contributed by atoms with Crippen LogP contribution in [0.3, 0.4) is 0 Å². The minimum absolute atomic E-state index is 0.0150. The van der Waals surface area contributed by atoms with Crippen molar-refractivity contribution in [3.8, 4) is 0 Å². The molecule has 0 aliphatic carbocycles. The zero-order chi connectivity index (χ0) is 12.1. The van der Waals surface area contributed by atoms with E-state index >= 15 is 0 Å². The standard InChI is InChI=1S/C9H15F4NO/c1-3-5-6-14(4-2)8(15)9(12,13)7(10)11/h7H,3-6H2,1-2H3. The van der Waals surface area contributed by atoms with Gasteiger partial charge < -0.3 is 4.90 Å². The fourth-order valence-corrected chi connectivity index (χ4v) is 1.06. The van der Waals surface area contributed by atoms with E-state index in [-0.39, 0.29) is 13.1 Å². The van der Waals surface area contributed by atoms with Gasteiger partial charge in [0.1, 0.15) is 0 Å². The van der Waals surface area contributed by atoms with Gasteiger partial charge in [-0.2, -0.15) is 8.78 Å². The van der Waals surface area contributed by atoms with Gasteiger partial charge >= 0.3 is 12.3 Å². The topological polar surface area (TPSA) is 20.3 Å². The van der Waals surface area contributed by atoms with Gasteiger partial charge in [-0.3, -0.25) is 4.79 Å².